The molecule has 0 radical (unpaired) electrons. The summed E-state index contributed by atoms with van der Waals surface area (Å²) in [5.41, 5.74) is 0. The van der Waals surface area contributed by atoms with Crippen LogP contribution in [-0.4, -0.2) is 40.1 Å². The highest BCUT2D eigenvalue weighted by molar-refractivity contribution is 7.85. The number of carbonyl (C=O) groups excluding carboxylic acids is 2. The van der Waals surface area contributed by atoms with Crippen LogP contribution >= 0.6 is 0 Å². The summed E-state index contributed by atoms with van der Waals surface area (Å²) in [5, 5.41) is 5.52. The molecule has 5 nitrogen and oxygen atoms in total. The van der Waals surface area contributed by atoms with E-state index in [2.05, 4.69) is 10.6 Å². The lowest BCUT2D eigenvalue weighted by molar-refractivity contribution is -0.127. The van der Waals surface area contributed by atoms with Crippen LogP contribution in [0.3, 0.4) is 0 Å². The minimum atomic E-state index is -1.11. The first-order valence-electron chi connectivity index (χ1n) is 8.07. The van der Waals surface area contributed by atoms with E-state index in [1.807, 2.05) is 0 Å². The van der Waals surface area contributed by atoms with Crippen molar-refractivity contribution in [2.45, 2.75) is 57.4 Å². The van der Waals surface area contributed by atoms with Crippen molar-refractivity contribution in [1.29, 1.82) is 0 Å². The van der Waals surface area contributed by atoms with Crippen LogP contribution in [0.15, 0.2) is 0 Å². The van der Waals surface area contributed by atoms with Crippen molar-refractivity contribution in [3.8, 4) is 0 Å². The van der Waals surface area contributed by atoms with Gasteiger partial charge in [0.25, 0.3) is 0 Å². The molecule has 0 aromatic rings. The van der Waals surface area contributed by atoms with Crippen LogP contribution in [-0.2, 0) is 20.4 Å². The summed E-state index contributed by atoms with van der Waals surface area (Å²) in [5.74, 6) is 0.795. The van der Waals surface area contributed by atoms with E-state index in [4.69, 9.17) is 0 Å². The molecule has 2 aliphatic rings. The van der Waals surface area contributed by atoms with Crippen LogP contribution in [0.5, 0.6) is 0 Å². The van der Waals surface area contributed by atoms with Crippen LogP contribution in [0.2, 0.25) is 0 Å². The minimum absolute atomic E-state index is 0.0281. The zero-order valence-corrected chi connectivity index (χ0v) is 13.4. The Kier molecular flexibility index (Phi) is 6.67. The van der Waals surface area contributed by atoms with Crippen LogP contribution in [0.25, 0.3) is 0 Å². The zero-order valence-electron chi connectivity index (χ0n) is 12.6. The van der Waals surface area contributed by atoms with Gasteiger partial charge in [-0.3, -0.25) is 13.8 Å². The molecule has 1 saturated carbocycles. The molecule has 2 rings (SSSR count). The minimum Gasteiger partial charge on any atom is -0.354 e. The highest BCUT2D eigenvalue weighted by Crippen LogP contribution is 2.24. The lowest BCUT2D eigenvalue weighted by Crippen LogP contribution is -2.46. The van der Waals surface area contributed by atoms with Gasteiger partial charge in [0.15, 0.2) is 0 Å². The molecular weight excluding hydrogens is 288 g/mol. The molecule has 1 saturated heterocycles. The van der Waals surface area contributed by atoms with E-state index in [0.717, 1.165) is 25.7 Å². The molecular formula is C15H26N2O3S. The molecule has 6 heteroatoms. The maximum atomic E-state index is 12.1. The largest absolute Gasteiger partial charge is 0.354 e. The molecule has 2 amide bonds. The summed E-state index contributed by atoms with van der Waals surface area (Å²) in [6.45, 7) is 0.679. The Labute approximate surface area is 129 Å². The summed E-state index contributed by atoms with van der Waals surface area (Å²) in [7, 11) is -1.11. The molecule has 1 aliphatic heterocycles. The molecule has 21 heavy (non-hydrogen) atoms. The lowest BCUT2D eigenvalue weighted by atomic mass is 9.91. The van der Waals surface area contributed by atoms with E-state index in [-0.39, 0.29) is 17.6 Å². The van der Waals surface area contributed by atoms with Gasteiger partial charge in [-0.25, -0.2) is 0 Å². The molecule has 120 valence electrons. The average molecular weight is 314 g/mol. The van der Waals surface area contributed by atoms with Gasteiger partial charge in [0.05, 0.1) is 0 Å². The monoisotopic (exact) mass is 314 g/mol. The molecule has 2 unspecified atom stereocenters. The first kappa shape index (κ1) is 16.5. The normalized spacial score (nSPS) is 25.7. The van der Waals surface area contributed by atoms with Gasteiger partial charge in [-0.2, -0.15) is 0 Å². The third-order valence-electron chi connectivity index (χ3n) is 4.31. The van der Waals surface area contributed by atoms with Gasteiger partial charge in [0, 0.05) is 23.1 Å². The quantitative estimate of drug-likeness (QED) is 0.798. The Bertz CT molecular complexity index is 394. The predicted octanol–water partition coefficient (Wildman–Crippen LogP) is 1.10. The number of hydrogen-bond acceptors (Lipinski definition) is 3. The molecule has 2 N–H and O–H groups in total. The van der Waals surface area contributed by atoms with Gasteiger partial charge in [0.1, 0.15) is 11.8 Å². The number of carbonyl (C=O) groups is 2. The van der Waals surface area contributed by atoms with Gasteiger partial charge in [-0.05, 0) is 38.0 Å². The van der Waals surface area contributed by atoms with Crippen LogP contribution in [0.4, 0.5) is 0 Å². The Morgan fingerprint density at radius 1 is 1.14 bits per heavy atom. The van der Waals surface area contributed by atoms with Crippen molar-refractivity contribution in [3.05, 3.63) is 0 Å². The van der Waals surface area contributed by atoms with Crippen molar-refractivity contribution in [2.24, 2.45) is 5.92 Å². The fraction of sp³-hybridized carbons (Fsp3) is 0.867. The van der Waals surface area contributed by atoms with Crippen LogP contribution in [0.1, 0.15) is 51.4 Å². The van der Waals surface area contributed by atoms with E-state index in [0.29, 0.717) is 24.6 Å². The highest BCUT2D eigenvalue weighted by atomic mass is 32.2. The molecule has 0 aromatic carbocycles. The molecule has 0 spiro atoms. The third-order valence-corrected chi connectivity index (χ3v) is 5.74. The average Bonchev–Trinajstić information content (AvgIpc) is 2.65. The number of amides is 2. The van der Waals surface area contributed by atoms with Crippen molar-refractivity contribution in [3.63, 3.8) is 0 Å². The Morgan fingerprint density at radius 2 is 1.86 bits per heavy atom. The molecule has 1 aliphatic carbocycles. The van der Waals surface area contributed by atoms with E-state index in [1.54, 1.807) is 0 Å². The third kappa shape index (κ3) is 5.77. The number of nitrogens with one attached hydrogen (secondary N) is 2. The van der Waals surface area contributed by atoms with E-state index < -0.39 is 16.8 Å². The first-order valence-corrected chi connectivity index (χ1v) is 9.56. The van der Waals surface area contributed by atoms with Gasteiger partial charge < -0.3 is 10.6 Å². The van der Waals surface area contributed by atoms with E-state index in [1.165, 1.54) is 19.3 Å². The van der Waals surface area contributed by atoms with E-state index >= 15 is 0 Å². The Morgan fingerprint density at radius 3 is 2.62 bits per heavy atom. The Balaban J connectivity index is 1.72. The molecule has 2 atom stereocenters. The second kappa shape index (κ2) is 8.51. The van der Waals surface area contributed by atoms with Crippen LogP contribution < -0.4 is 10.6 Å². The van der Waals surface area contributed by atoms with Gasteiger partial charge in [-0.15, -0.1) is 0 Å². The standard InChI is InChI=1S/C15H26N2O3S/c18-14(17-13-8-4-5-9-16-15(13)19)11-21(20)10-12-6-2-1-3-7-12/h12-13H,1-11H2,(H,16,19)(H,17,18). The second-order valence-corrected chi connectivity index (χ2v) is 7.66. The zero-order chi connectivity index (χ0) is 15.1. The van der Waals surface area contributed by atoms with Gasteiger partial charge >= 0.3 is 0 Å². The first-order chi connectivity index (χ1) is 10.1. The van der Waals surface area contributed by atoms with Gasteiger partial charge in [-0.1, -0.05) is 19.3 Å². The molecule has 1 heterocycles. The lowest BCUT2D eigenvalue weighted by Gasteiger charge is -2.21. The van der Waals surface area contributed by atoms with Crippen LogP contribution in [0, 0.1) is 5.92 Å². The summed E-state index contributed by atoms with van der Waals surface area (Å²) in [6, 6.07) is -0.452. The second-order valence-electron chi connectivity index (χ2n) is 6.16. The number of rotatable bonds is 5. The maximum absolute atomic E-state index is 12.1. The molecule has 2 fully saturated rings. The number of hydrogen-bond donors (Lipinski definition) is 2. The summed E-state index contributed by atoms with van der Waals surface area (Å²) in [6.07, 6.45) is 8.54. The van der Waals surface area contributed by atoms with E-state index in [9.17, 15) is 13.8 Å². The summed E-state index contributed by atoms with van der Waals surface area (Å²) < 4.78 is 12.1. The summed E-state index contributed by atoms with van der Waals surface area (Å²) >= 11 is 0. The molecule has 0 bridgehead atoms. The predicted molar refractivity (Wildman–Crippen MR) is 83.2 cm³/mol. The smallest absolute Gasteiger partial charge is 0.242 e. The summed E-state index contributed by atoms with van der Waals surface area (Å²) in [4.78, 5) is 23.7. The maximum Gasteiger partial charge on any atom is 0.242 e. The van der Waals surface area contributed by atoms with Crippen molar-refractivity contribution < 1.29 is 13.8 Å². The fourth-order valence-corrected chi connectivity index (χ4v) is 4.49. The Hall–Kier alpha value is -0.910. The topological polar surface area (TPSA) is 75.3 Å². The highest BCUT2D eigenvalue weighted by Gasteiger charge is 2.24. The molecule has 0 aromatic heterocycles. The fourth-order valence-electron chi connectivity index (χ4n) is 3.13. The SMILES string of the molecule is O=C(CS(=O)CC1CCCCC1)NC1CCCCNC1=O. The van der Waals surface area contributed by atoms with Crippen molar-refractivity contribution in [2.75, 3.05) is 18.1 Å². The van der Waals surface area contributed by atoms with Crippen molar-refractivity contribution >= 4 is 22.6 Å². The van der Waals surface area contributed by atoms with Crippen molar-refractivity contribution in [1.82, 2.24) is 10.6 Å². The van der Waals surface area contributed by atoms with Gasteiger partial charge in [0.2, 0.25) is 11.8 Å².